The van der Waals surface area contributed by atoms with Crippen LogP contribution in [0.5, 0.6) is 5.75 Å². The molecule has 6 heteroatoms. The van der Waals surface area contributed by atoms with Crippen molar-refractivity contribution in [2.24, 2.45) is 5.92 Å². The quantitative estimate of drug-likeness (QED) is 0.935. The molecular weight excluding hydrogens is 292 g/mol. The molecule has 124 valence electrons. The van der Waals surface area contributed by atoms with E-state index in [4.69, 9.17) is 4.74 Å². The largest absolute Gasteiger partial charge is 0.497 e. The average Bonchev–Trinajstić information content (AvgIpc) is 2.95. The standard InChI is InChI=1S/C17H24N4O2/c1-12(2)17(22)21-8-6-20(7-9-21)11-16-18-14-5-4-13(23-3)10-15(14)19-16/h4-5,10,12H,6-9,11H2,1-3H3,(H,18,19). The monoisotopic (exact) mass is 316 g/mol. The maximum absolute atomic E-state index is 12.0. The van der Waals surface area contributed by atoms with Gasteiger partial charge in [-0.15, -0.1) is 0 Å². The first-order valence-corrected chi connectivity index (χ1v) is 8.10. The minimum atomic E-state index is 0.0758. The average molecular weight is 316 g/mol. The van der Waals surface area contributed by atoms with Crippen LogP contribution in [0.3, 0.4) is 0 Å². The van der Waals surface area contributed by atoms with E-state index < -0.39 is 0 Å². The highest BCUT2D eigenvalue weighted by Gasteiger charge is 2.23. The number of nitrogens with one attached hydrogen (secondary N) is 1. The molecule has 0 spiro atoms. The summed E-state index contributed by atoms with van der Waals surface area (Å²) in [4.78, 5) is 24.3. The number of methoxy groups -OCH3 is 1. The van der Waals surface area contributed by atoms with Gasteiger partial charge in [-0.2, -0.15) is 0 Å². The van der Waals surface area contributed by atoms with Gasteiger partial charge in [0.25, 0.3) is 0 Å². The van der Waals surface area contributed by atoms with Crippen LogP contribution in [0.25, 0.3) is 11.0 Å². The molecule has 0 radical (unpaired) electrons. The van der Waals surface area contributed by atoms with Crippen LogP contribution in [0, 0.1) is 5.92 Å². The maximum atomic E-state index is 12.0. The molecule has 1 N–H and O–H groups in total. The number of carbonyl (C=O) groups excluding carboxylic acids is 1. The van der Waals surface area contributed by atoms with E-state index in [1.165, 1.54) is 0 Å². The molecule has 23 heavy (non-hydrogen) atoms. The summed E-state index contributed by atoms with van der Waals surface area (Å²) in [6.07, 6.45) is 0. The number of amides is 1. The molecule has 6 nitrogen and oxygen atoms in total. The van der Waals surface area contributed by atoms with E-state index >= 15 is 0 Å². The van der Waals surface area contributed by atoms with Crippen molar-refractivity contribution < 1.29 is 9.53 Å². The predicted octanol–water partition coefficient (Wildman–Crippen LogP) is 1.87. The van der Waals surface area contributed by atoms with Crippen molar-refractivity contribution in [3.8, 4) is 5.75 Å². The van der Waals surface area contributed by atoms with Crippen LogP contribution in [-0.4, -0.2) is 59.0 Å². The lowest BCUT2D eigenvalue weighted by molar-refractivity contribution is -0.136. The first-order valence-electron chi connectivity index (χ1n) is 8.10. The number of rotatable bonds is 4. The number of benzene rings is 1. The fraction of sp³-hybridized carbons (Fsp3) is 0.529. The molecule has 2 aromatic rings. The number of aromatic amines is 1. The van der Waals surface area contributed by atoms with E-state index in [-0.39, 0.29) is 11.8 Å². The topological polar surface area (TPSA) is 61.5 Å². The van der Waals surface area contributed by atoms with E-state index in [0.29, 0.717) is 0 Å². The minimum absolute atomic E-state index is 0.0758. The van der Waals surface area contributed by atoms with Gasteiger partial charge in [-0.05, 0) is 12.1 Å². The Hall–Kier alpha value is -2.08. The Morgan fingerprint density at radius 1 is 1.30 bits per heavy atom. The lowest BCUT2D eigenvalue weighted by atomic mass is 10.1. The maximum Gasteiger partial charge on any atom is 0.225 e. The Bertz CT molecular complexity index is 687. The van der Waals surface area contributed by atoms with Crippen molar-refractivity contribution in [1.29, 1.82) is 0 Å². The van der Waals surface area contributed by atoms with Gasteiger partial charge < -0.3 is 14.6 Å². The number of piperazine rings is 1. The third-order valence-corrected chi connectivity index (χ3v) is 4.29. The number of aromatic nitrogens is 2. The fourth-order valence-electron chi connectivity index (χ4n) is 2.95. The number of hydrogen-bond donors (Lipinski definition) is 1. The van der Waals surface area contributed by atoms with Crippen molar-refractivity contribution in [2.75, 3.05) is 33.3 Å². The van der Waals surface area contributed by atoms with Crippen LogP contribution in [0.4, 0.5) is 0 Å². The molecule has 1 aliphatic rings. The van der Waals surface area contributed by atoms with Gasteiger partial charge in [-0.3, -0.25) is 9.69 Å². The summed E-state index contributed by atoms with van der Waals surface area (Å²) in [7, 11) is 1.66. The third kappa shape index (κ3) is 3.47. The highest BCUT2D eigenvalue weighted by molar-refractivity contribution is 5.78. The Morgan fingerprint density at radius 2 is 2.04 bits per heavy atom. The number of carbonyl (C=O) groups is 1. The molecule has 0 bridgehead atoms. The van der Waals surface area contributed by atoms with Crippen LogP contribution in [0.1, 0.15) is 19.7 Å². The van der Waals surface area contributed by atoms with Gasteiger partial charge in [0.2, 0.25) is 5.91 Å². The number of hydrogen-bond acceptors (Lipinski definition) is 4. The lowest BCUT2D eigenvalue weighted by Crippen LogP contribution is -2.49. The normalized spacial score (nSPS) is 16.3. The fourth-order valence-corrected chi connectivity index (χ4v) is 2.95. The molecule has 1 aromatic carbocycles. The van der Waals surface area contributed by atoms with Crippen LogP contribution >= 0.6 is 0 Å². The van der Waals surface area contributed by atoms with Gasteiger partial charge in [0, 0.05) is 38.2 Å². The molecule has 1 saturated heterocycles. The van der Waals surface area contributed by atoms with Gasteiger partial charge in [-0.25, -0.2) is 4.98 Å². The summed E-state index contributed by atoms with van der Waals surface area (Å²) in [6, 6.07) is 5.85. The molecule has 1 fully saturated rings. The van der Waals surface area contributed by atoms with Gasteiger partial charge >= 0.3 is 0 Å². The predicted molar refractivity (Wildman–Crippen MR) is 89.3 cm³/mol. The number of ether oxygens (including phenoxy) is 1. The first-order chi connectivity index (χ1) is 11.1. The molecule has 2 heterocycles. The van der Waals surface area contributed by atoms with Crippen molar-refractivity contribution in [1.82, 2.24) is 19.8 Å². The Morgan fingerprint density at radius 3 is 2.70 bits per heavy atom. The highest BCUT2D eigenvalue weighted by atomic mass is 16.5. The van der Waals surface area contributed by atoms with Gasteiger partial charge in [0.05, 0.1) is 24.7 Å². The smallest absolute Gasteiger partial charge is 0.225 e. The molecular formula is C17H24N4O2. The lowest BCUT2D eigenvalue weighted by Gasteiger charge is -2.35. The molecule has 0 saturated carbocycles. The van der Waals surface area contributed by atoms with Crippen LogP contribution in [-0.2, 0) is 11.3 Å². The zero-order valence-electron chi connectivity index (χ0n) is 14.0. The molecule has 1 amide bonds. The summed E-state index contributed by atoms with van der Waals surface area (Å²) in [5.41, 5.74) is 1.95. The zero-order chi connectivity index (χ0) is 16.4. The van der Waals surface area contributed by atoms with E-state index in [2.05, 4.69) is 14.9 Å². The third-order valence-electron chi connectivity index (χ3n) is 4.29. The van der Waals surface area contributed by atoms with Crippen molar-refractivity contribution in [3.05, 3.63) is 24.0 Å². The van der Waals surface area contributed by atoms with E-state index in [1.807, 2.05) is 36.9 Å². The summed E-state index contributed by atoms with van der Waals surface area (Å²) >= 11 is 0. The number of nitrogens with zero attached hydrogens (tertiary/aromatic N) is 3. The number of H-pyrrole nitrogens is 1. The Labute approximate surface area is 136 Å². The van der Waals surface area contributed by atoms with Gasteiger partial charge in [0.15, 0.2) is 0 Å². The van der Waals surface area contributed by atoms with Crippen LogP contribution < -0.4 is 4.74 Å². The molecule has 0 aliphatic carbocycles. The first kappa shape index (κ1) is 15.8. The van der Waals surface area contributed by atoms with E-state index in [1.54, 1.807) is 7.11 Å². The SMILES string of the molecule is COc1ccc2nc(CN3CCN(C(=O)C(C)C)CC3)[nH]c2c1. The second-order valence-electron chi connectivity index (χ2n) is 6.32. The van der Waals surface area contributed by atoms with Crippen molar-refractivity contribution in [2.45, 2.75) is 20.4 Å². The Balaban J connectivity index is 1.61. The molecule has 3 rings (SSSR count). The van der Waals surface area contributed by atoms with E-state index in [9.17, 15) is 4.79 Å². The summed E-state index contributed by atoms with van der Waals surface area (Å²) in [5.74, 6) is 2.11. The molecule has 1 aromatic heterocycles. The van der Waals surface area contributed by atoms with Gasteiger partial charge in [-0.1, -0.05) is 13.8 Å². The summed E-state index contributed by atoms with van der Waals surface area (Å²) in [5, 5.41) is 0. The van der Waals surface area contributed by atoms with Crippen molar-refractivity contribution in [3.63, 3.8) is 0 Å². The number of fused-ring (bicyclic) bond motifs is 1. The minimum Gasteiger partial charge on any atom is -0.497 e. The second-order valence-corrected chi connectivity index (χ2v) is 6.32. The van der Waals surface area contributed by atoms with Crippen LogP contribution in [0.15, 0.2) is 18.2 Å². The molecule has 1 aliphatic heterocycles. The van der Waals surface area contributed by atoms with Gasteiger partial charge in [0.1, 0.15) is 11.6 Å². The number of imidazole rings is 1. The Kier molecular flexibility index (Phi) is 4.52. The highest BCUT2D eigenvalue weighted by Crippen LogP contribution is 2.19. The zero-order valence-corrected chi connectivity index (χ0v) is 14.0. The van der Waals surface area contributed by atoms with Crippen LogP contribution in [0.2, 0.25) is 0 Å². The molecule has 0 unspecified atom stereocenters. The summed E-state index contributed by atoms with van der Waals surface area (Å²) < 4.78 is 5.24. The second kappa shape index (κ2) is 6.58. The van der Waals surface area contributed by atoms with Crippen molar-refractivity contribution >= 4 is 16.9 Å². The van der Waals surface area contributed by atoms with E-state index in [0.717, 1.165) is 55.3 Å². The summed E-state index contributed by atoms with van der Waals surface area (Å²) in [6.45, 7) is 8.06. The molecule has 0 atom stereocenters.